The molecule has 1 saturated heterocycles. The Morgan fingerprint density at radius 3 is 2.73 bits per heavy atom. The molecule has 0 spiro atoms. The van der Waals surface area contributed by atoms with E-state index in [-0.39, 0.29) is 17.1 Å². The molecule has 0 bridgehead atoms. The molecule has 170 valence electrons. The number of rotatable bonds is 5. The Morgan fingerprint density at radius 2 is 2.06 bits per heavy atom. The molecule has 3 heterocycles. The van der Waals surface area contributed by atoms with Gasteiger partial charge in [-0.1, -0.05) is 12.1 Å². The molecule has 0 amide bonds. The zero-order valence-electron chi connectivity index (χ0n) is 19.7. The van der Waals surface area contributed by atoms with Crippen molar-refractivity contribution in [2.24, 2.45) is 0 Å². The first-order valence-electron chi connectivity index (χ1n) is 11.8. The SMILES string of the molecule is Cc1c(C#N)cccc1[C@@H](C)Nc1nnc(N2CCC[C@H]2C)c2cc(=O)n(C3(C)CC3)cc12. The predicted molar refractivity (Wildman–Crippen MR) is 131 cm³/mol. The maximum Gasteiger partial charge on any atom is 0.251 e. The summed E-state index contributed by atoms with van der Waals surface area (Å²) in [5.74, 6) is 1.45. The summed E-state index contributed by atoms with van der Waals surface area (Å²) in [6.07, 6.45) is 6.21. The van der Waals surface area contributed by atoms with Crippen LogP contribution in [0.4, 0.5) is 11.6 Å². The highest BCUT2D eigenvalue weighted by atomic mass is 16.1. The van der Waals surface area contributed by atoms with Gasteiger partial charge in [-0.15, -0.1) is 10.2 Å². The molecule has 3 aromatic rings. The number of anilines is 2. The molecule has 7 nitrogen and oxygen atoms in total. The molecular weight excluding hydrogens is 412 g/mol. The van der Waals surface area contributed by atoms with Crippen molar-refractivity contribution in [3.05, 3.63) is 57.5 Å². The average Bonchev–Trinajstić information content (AvgIpc) is 3.40. The Kier molecular flexibility index (Phi) is 5.12. The molecule has 5 rings (SSSR count). The standard InChI is InChI=1S/C26H30N6O/c1-16-7-6-12-31(16)25-21-13-23(33)32(26(4)10-11-26)15-22(21)24(29-30-25)28-18(3)20-9-5-8-19(14-27)17(20)2/h5,8-9,13,15-16,18H,6-7,10-12H2,1-4H3,(H,28,29)/t16-,18-/m1/s1. The van der Waals surface area contributed by atoms with Crippen molar-refractivity contribution in [1.29, 1.82) is 5.26 Å². The fourth-order valence-electron chi connectivity index (χ4n) is 5.05. The lowest BCUT2D eigenvalue weighted by Crippen LogP contribution is -2.30. The lowest BCUT2D eigenvalue weighted by molar-refractivity contribution is 0.516. The molecule has 0 radical (unpaired) electrons. The van der Waals surface area contributed by atoms with Gasteiger partial charge in [0.1, 0.15) is 0 Å². The van der Waals surface area contributed by atoms with E-state index in [1.54, 1.807) is 6.07 Å². The topological polar surface area (TPSA) is 86.8 Å². The van der Waals surface area contributed by atoms with Crippen molar-refractivity contribution in [3.63, 3.8) is 0 Å². The Morgan fingerprint density at radius 1 is 1.27 bits per heavy atom. The zero-order chi connectivity index (χ0) is 23.3. The van der Waals surface area contributed by atoms with Crippen LogP contribution < -0.4 is 15.8 Å². The van der Waals surface area contributed by atoms with Gasteiger partial charge in [-0.3, -0.25) is 4.79 Å². The van der Waals surface area contributed by atoms with Crippen molar-refractivity contribution >= 4 is 22.4 Å². The second-order valence-corrected chi connectivity index (χ2v) is 9.86. The van der Waals surface area contributed by atoms with E-state index in [9.17, 15) is 10.1 Å². The minimum absolute atomic E-state index is 0.0140. The largest absolute Gasteiger partial charge is 0.361 e. The number of nitrogens with zero attached hydrogens (tertiary/aromatic N) is 5. The summed E-state index contributed by atoms with van der Waals surface area (Å²) in [7, 11) is 0. The lowest BCUT2D eigenvalue weighted by Gasteiger charge is -2.25. The summed E-state index contributed by atoms with van der Waals surface area (Å²) in [4.78, 5) is 15.4. The minimum Gasteiger partial charge on any atom is -0.361 e. The van der Waals surface area contributed by atoms with Crippen molar-refractivity contribution in [2.75, 3.05) is 16.8 Å². The fraction of sp³-hybridized carbons (Fsp3) is 0.462. The number of nitriles is 1. The molecule has 0 unspecified atom stereocenters. The average molecular weight is 443 g/mol. The summed E-state index contributed by atoms with van der Waals surface area (Å²) in [5, 5.41) is 23.9. The van der Waals surface area contributed by atoms with Gasteiger partial charge in [0.25, 0.3) is 5.56 Å². The van der Waals surface area contributed by atoms with E-state index in [4.69, 9.17) is 0 Å². The highest BCUT2D eigenvalue weighted by Gasteiger charge is 2.40. The lowest BCUT2D eigenvalue weighted by atomic mass is 9.98. The van der Waals surface area contributed by atoms with Crippen LogP contribution in [-0.2, 0) is 5.54 Å². The molecule has 2 fully saturated rings. The zero-order valence-corrected chi connectivity index (χ0v) is 19.7. The van der Waals surface area contributed by atoms with E-state index >= 15 is 0 Å². The molecular formula is C26H30N6O. The first-order chi connectivity index (χ1) is 15.8. The molecule has 1 aliphatic carbocycles. The van der Waals surface area contributed by atoms with Crippen molar-refractivity contribution in [1.82, 2.24) is 14.8 Å². The third-order valence-electron chi connectivity index (χ3n) is 7.49. The van der Waals surface area contributed by atoms with Crippen LogP contribution in [-0.4, -0.2) is 27.4 Å². The predicted octanol–water partition coefficient (Wildman–Crippen LogP) is 4.64. The van der Waals surface area contributed by atoms with Crippen LogP contribution >= 0.6 is 0 Å². The third kappa shape index (κ3) is 3.64. The van der Waals surface area contributed by atoms with E-state index in [0.29, 0.717) is 17.4 Å². The molecule has 1 aromatic carbocycles. The van der Waals surface area contributed by atoms with E-state index in [1.165, 1.54) is 0 Å². The van der Waals surface area contributed by atoms with Gasteiger partial charge < -0.3 is 14.8 Å². The normalized spacial score (nSPS) is 20.0. The summed E-state index contributed by atoms with van der Waals surface area (Å²) in [5.41, 5.74) is 2.58. The van der Waals surface area contributed by atoms with E-state index in [2.05, 4.69) is 47.3 Å². The van der Waals surface area contributed by atoms with Crippen LogP contribution in [0, 0.1) is 18.3 Å². The molecule has 1 N–H and O–H groups in total. The number of nitrogens with one attached hydrogen (secondary N) is 1. The molecule has 1 aliphatic heterocycles. The van der Waals surface area contributed by atoms with Gasteiger partial charge in [-0.05, 0) is 70.6 Å². The van der Waals surface area contributed by atoms with E-state index < -0.39 is 0 Å². The van der Waals surface area contributed by atoms with Crippen molar-refractivity contribution < 1.29 is 0 Å². The number of hydrogen-bond donors (Lipinski definition) is 1. The molecule has 2 atom stereocenters. The molecule has 7 heteroatoms. The van der Waals surface area contributed by atoms with Crippen LogP contribution in [0.25, 0.3) is 10.8 Å². The summed E-state index contributed by atoms with van der Waals surface area (Å²) in [6, 6.07) is 10.1. The highest BCUT2D eigenvalue weighted by Crippen LogP contribution is 2.43. The summed E-state index contributed by atoms with van der Waals surface area (Å²) < 4.78 is 1.87. The van der Waals surface area contributed by atoms with Gasteiger partial charge >= 0.3 is 0 Å². The number of benzene rings is 1. The van der Waals surface area contributed by atoms with Crippen LogP contribution in [0.5, 0.6) is 0 Å². The Balaban J connectivity index is 1.63. The van der Waals surface area contributed by atoms with Gasteiger partial charge in [0.05, 0.1) is 17.7 Å². The first-order valence-corrected chi connectivity index (χ1v) is 11.8. The van der Waals surface area contributed by atoms with Gasteiger partial charge in [0, 0.05) is 41.2 Å². The summed E-state index contributed by atoms with van der Waals surface area (Å²) in [6.45, 7) is 9.29. The molecule has 2 aromatic heterocycles. The second kappa shape index (κ2) is 7.87. The van der Waals surface area contributed by atoms with Gasteiger partial charge in [-0.25, -0.2) is 0 Å². The fourth-order valence-corrected chi connectivity index (χ4v) is 5.05. The Labute approximate surface area is 194 Å². The maximum atomic E-state index is 13.1. The number of pyridine rings is 1. The van der Waals surface area contributed by atoms with Gasteiger partial charge in [0.2, 0.25) is 0 Å². The monoisotopic (exact) mass is 442 g/mol. The Bertz CT molecular complexity index is 1330. The van der Waals surface area contributed by atoms with Crippen LogP contribution in [0.3, 0.4) is 0 Å². The third-order valence-corrected chi connectivity index (χ3v) is 7.49. The quantitative estimate of drug-likeness (QED) is 0.619. The first kappa shape index (κ1) is 21.4. The smallest absolute Gasteiger partial charge is 0.251 e. The van der Waals surface area contributed by atoms with E-state index in [1.807, 2.05) is 35.9 Å². The highest BCUT2D eigenvalue weighted by molar-refractivity contribution is 5.98. The molecule has 1 saturated carbocycles. The van der Waals surface area contributed by atoms with Crippen LogP contribution in [0.15, 0.2) is 35.3 Å². The van der Waals surface area contributed by atoms with Gasteiger partial charge in [-0.2, -0.15) is 5.26 Å². The number of aromatic nitrogens is 3. The minimum atomic E-state index is -0.115. The van der Waals surface area contributed by atoms with Gasteiger partial charge in [0.15, 0.2) is 11.6 Å². The van der Waals surface area contributed by atoms with Crippen LogP contribution in [0.1, 0.15) is 69.2 Å². The van der Waals surface area contributed by atoms with Crippen molar-refractivity contribution in [2.45, 2.75) is 71.0 Å². The van der Waals surface area contributed by atoms with E-state index in [0.717, 1.165) is 59.9 Å². The number of hydrogen-bond acceptors (Lipinski definition) is 6. The Hall–Kier alpha value is -3.40. The van der Waals surface area contributed by atoms with Crippen molar-refractivity contribution in [3.8, 4) is 6.07 Å². The molecule has 2 aliphatic rings. The molecule has 33 heavy (non-hydrogen) atoms. The second-order valence-electron chi connectivity index (χ2n) is 9.86. The summed E-state index contributed by atoms with van der Waals surface area (Å²) >= 11 is 0. The van der Waals surface area contributed by atoms with Crippen LogP contribution in [0.2, 0.25) is 0 Å². The number of fused-ring (bicyclic) bond motifs is 1. The maximum absolute atomic E-state index is 13.1.